The van der Waals surface area contributed by atoms with Gasteiger partial charge in [-0.2, -0.15) is 0 Å². The van der Waals surface area contributed by atoms with E-state index >= 15 is 0 Å². The van der Waals surface area contributed by atoms with Gasteiger partial charge >= 0.3 is 0 Å². The van der Waals surface area contributed by atoms with E-state index in [9.17, 15) is 5.11 Å². The molecule has 0 amide bonds. The first kappa shape index (κ1) is 27.6. The fourth-order valence-electron chi connectivity index (χ4n) is 10.6. The molecule has 6 heteroatoms. The van der Waals surface area contributed by atoms with Crippen molar-refractivity contribution in [3.05, 3.63) is 0 Å². The fourth-order valence-corrected chi connectivity index (χ4v) is 16.2. The van der Waals surface area contributed by atoms with Crippen molar-refractivity contribution in [2.24, 2.45) is 34.5 Å². The van der Waals surface area contributed by atoms with Crippen LogP contribution in [0.4, 0.5) is 0 Å². The lowest BCUT2D eigenvalue weighted by atomic mass is 9.41. The summed E-state index contributed by atoms with van der Waals surface area (Å²) in [4.78, 5) is 0. The Morgan fingerprint density at radius 2 is 1.50 bits per heavy atom. The van der Waals surface area contributed by atoms with Crippen LogP contribution in [0, 0.1) is 34.5 Å². The minimum atomic E-state index is -2.02. The van der Waals surface area contributed by atoms with Gasteiger partial charge in [-0.1, -0.05) is 62.3 Å². The van der Waals surface area contributed by atoms with E-state index in [4.69, 9.17) is 18.6 Å². The molecule has 36 heavy (non-hydrogen) atoms. The van der Waals surface area contributed by atoms with Crippen LogP contribution in [0.1, 0.15) is 95.4 Å². The van der Waals surface area contributed by atoms with Crippen LogP contribution in [0.5, 0.6) is 0 Å². The minimum Gasteiger partial charge on any atom is -0.415 e. The summed E-state index contributed by atoms with van der Waals surface area (Å²) in [5.74, 6) is 0.821. The number of aliphatic hydroxyl groups excluding tert-OH is 1. The van der Waals surface area contributed by atoms with E-state index in [1.54, 1.807) is 0 Å². The first-order valence-electron chi connectivity index (χ1n) is 15.0. The molecule has 5 fully saturated rings. The van der Waals surface area contributed by atoms with Gasteiger partial charge < -0.3 is 23.7 Å². The highest BCUT2D eigenvalue weighted by Crippen LogP contribution is 2.71. The number of rotatable bonds is 6. The second-order valence-electron chi connectivity index (χ2n) is 15.1. The molecular weight excluding hydrogens is 468 g/mol. The van der Waals surface area contributed by atoms with Crippen molar-refractivity contribution in [2.45, 2.75) is 148 Å². The van der Waals surface area contributed by atoms with Gasteiger partial charge in [0, 0.05) is 17.9 Å². The largest absolute Gasteiger partial charge is 0.415 e. The summed E-state index contributed by atoms with van der Waals surface area (Å²) >= 11 is 0. The third-order valence-corrected chi connectivity index (χ3v) is 17.9. The fraction of sp³-hybridized carbons (Fsp3) is 1.00. The van der Waals surface area contributed by atoms with Crippen LogP contribution < -0.4 is 0 Å². The van der Waals surface area contributed by atoms with Gasteiger partial charge in [0.05, 0.1) is 24.4 Å². The van der Waals surface area contributed by atoms with Crippen LogP contribution in [0.3, 0.4) is 0 Å². The Kier molecular flexibility index (Phi) is 6.71. The Morgan fingerprint density at radius 3 is 2.08 bits per heavy atom. The van der Waals surface area contributed by atoms with E-state index < -0.39 is 14.1 Å². The molecule has 5 nitrogen and oxygen atoms in total. The van der Waals surface area contributed by atoms with Crippen molar-refractivity contribution in [3.63, 3.8) is 0 Å². The molecule has 0 radical (unpaired) electrons. The highest BCUT2D eigenvalue weighted by atomic mass is 28.4. The van der Waals surface area contributed by atoms with Gasteiger partial charge in [-0.25, -0.2) is 0 Å². The SMILES string of the molecule is CC(C)[Si](OC[C@@]12CC[C@H]3[C@H](C)[C@@H](O)[C@H]4O[C@H]4[C@]3(C)[C@H]1[C@@H]1OC(C)(C)O[C@@H]1[C@H](C)C2)(C(C)C)C(C)C. The number of hydrogen-bond donors (Lipinski definition) is 1. The number of fused-ring (bicyclic) bond motifs is 7. The Labute approximate surface area is 221 Å². The smallest absolute Gasteiger partial charge is 0.200 e. The lowest BCUT2D eigenvalue weighted by molar-refractivity contribution is -0.213. The molecule has 5 aliphatic rings. The molecule has 2 aliphatic heterocycles. The maximum Gasteiger partial charge on any atom is 0.200 e. The Hall–Kier alpha value is 0.0169. The van der Waals surface area contributed by atoms with Crippen LogP contribution in [0.15, 0.2) is 0 Å². The number of epoxide rings is 1. The maximum atomic E-state index is 11.0. The number of hydrogen-bond acceptors (Lipinski definition) is 5. The molecule has 0 aromatic heterocycles. The van der Waals surface area contributed by atoms with E-state index in [0.29, 0.717) is 34.4 Å². The zero-order valence-electron chi connectivity index (χ0n) is 24.8. The van der Waals surface area contributed by atoms with Crippen molar-refractivity contribution in [1.29, 1.82) is 0 Å². The Balaban J connectivity index is 1.58. The van der Waals surface area contributed by atoms with Gasteiger partial charge in [0.25, 0.3) is 0 Å². The second-order valence-corrected chi connectivity index (χ2v) is 20.5. The van der Waals surface area contributed by atoms with Crippen molar-refractivity contribution < 1.29 is 23.7 Å². The molecule has 2 heterocycles. The molecule has 5 rings (SSSR count). The number of aliphatic hydroxyl groups is 1. The highest BCUT2D eigenvalue weighted by Gasteiger charge is 2.75. The van der Waals surface area contributed by atoms with Crippen LogP contribution >= 0.6 is 0 Å². The van der Waals surface area contributed by atoms with E-state index in [1.165, 1.54) is 0 Å². The standard InChI is InChI=1S/C30H54O5Si/c1-16(2)36(17(3)4,18(5)6)32-15-30-13-12-21-20(8)22(31)24-27(33-24)29(21,11)26(30)25-23(19(7)14-30)34-28(9,10)35-25/h16-27,31H,12-15H2,1-11H3/t19-,20+,21+,22-,23-,24-,25-,26-,27-,29+,30+/m1/s1. The summed E-state index contributed by atoms with van der Waals surface area (Å²) in [5.41, 5.74) is 1.71. The summed E-state index contributed by atoms with van der Waals surface area (Å²) in [5, 5.41) is 11.0. The van der Waals surface area contributed by atoms with Crippen molar-refractivity contribution in [2.75, 3.05) is 6.61 Å². The molecule has 3 saturated carbocycles. The summed E-state index contributed by atoms with van der Waals surface area (Å²) in [7, 11) is -2.02. The molecule has 0 aromatic carbocycles. The second kappa shape index (κ2) is 8.76. The molecule has 0 spiro atoms. The zero-order chi connectivity index (χ0) is 26.6. The molecular formula is C30H54O5Si. The van der Waals surface area contributed by atoms with Gasteiger partial charge in [0.15, 0.2) is 14.1 Å². The molecule has 1 N–H and O–H groups in total. The average molecular weight is 523 g/mol. The van der Waals surface area contributed by atoms with Gasteiger partial charge in [-0.3, -0.25) is 0 Å². The third kappa shape index (κ3) is 3.71. The van der Waals surface area contributed by atoms with Crippen molar-refractivity contribution in [1.82, 2.24) is 0 Å². The Bertz CT molecular complexity index is 821. The summed E-state index contributed by atoms with van der Waals surface area (Å²) in [6, 6.07) is 0. The van der Waals surface area contributed by atoms with Gasteiger partial charge in [-0.15, -0.1) is 0 Å². The average Bonchev–Trinajstić information content (AvgIpc) is 3.50. The van der Waals surface area contributed by atoms with E-state index in [2.05, 4.69) is 76.2 Å². The number of ether oxygens (including phenoxy) is 3. The molecule has 0 aromatic rings. The highest BCUT2D eigenvalue weighted by molar-refractivity contribution is 6.77. The Morgan fingerprint density at radius 1 is 0.917 bits per heavy atom. The predicted octanol–water partition coefficient (Wildman–Crippen LogP) is 6.54. The normalized spacial score (nSPS) is 49.6. The summed E-state index contributed by atoms with van der Waals surface area (Å²) in [6.45, 7) is 26.4. The maximum absolute atomic E-state index is 11.0. The molecule has 208 valence electrons. The van der Waals surface area contributed by atoms with E-state index in [1.807, 2.05) is 0 Å². The van der Waals surface area contributed by atoms with Crippen LogP contribution in [-0.2, 0) is 18.6 Å². The monoisotopic (exact) mass is 522 g/mol. The van der Waals surface area contributed by atoms with Gasteiger partial charge in [0.1, 0.15) is 6.10 Å². The van der Waals surface area contributed by atoms with E-state index in [0.717, 1.165) is 25.9 Å². The first-order chi connectivity index (χ1) is 16.6. The lowest BCUT2D eigenvalue weighted by Gasteiger charge is -2.65. The molecule has 11 atom stereocenters. The quantitative estimate of drug-likeness (QED) is 0.317. The topological polar surface area (TPSA) is 60.5 Å². The summed E-state index contributed by atoms with van der Waals surface area (Å²) in [6.07, 6.45) is 3.28. The zero-order valence-corrected chi connectivity index (χ0v) is 25.8. The van der Waals surface area contributed by atoms with Crippen LogP contribution in [-0.4, -0.2) is 56.3 Å². The molecule has 2 saturated heterocycles. The van der Waals surface area contributed by atoms with Crippen molar-refractivity contribution in [3.8, 4) is 0 Å². The predicted molar refractivity (Wildman–Crippen MR) is 145 cm³/mol. The van der Waals surface area contributed by atoms with Gasteiger partial charge in [0.2, 0.25) is 0 Å². The summed E-state index contributed by atoms with van der Waals surface area (Å²) < 4.78 is 27.2. The van der Waals surface area contributed by atoms with Crippen LogP contribution in [0.25, 0.3) is 0 Å². The van der Waals surface area contributed by atoms with Crippen LogP contribution in [0.2, 0.25) is 16.6 Å². The molecule has 0 bridgehead atoms. The minimum absolute atomic E-state index is 0.0263. The van der Waals surface area contributed by atoms with E-state index in [-0.39, 0.29) is 47.3 Å². The van der Waals surface area contributed by atoms with Crippen molar-refractivity contribution >= 4 is 8.32 Å². The lowest BCUT2D eigenvalue weighted by Crippen LogP contribution is -2.67. The molecule has 0 unspecified atom stereocenters. The molecule has 3 aliphatic carbocycles. The van der Waals surface area contributed by atoms with Gasteiger partial charge in [-0.05, 0) is 72.9 Å². The third-order valence-electron chi connectivity index (χ3n) is 11.8. The first-order valence-corrected chi connectivity index (χ1v) is 17.1.